The van der Waals surface area contributed by atoms with Gasteiger partial charge in [0, 0.05) is 5.41 Å². The smallest absolute Gasteiger partial charge is 0.359 e. The van der Waals surface area contributed by atoms with Gasteiger partial charge in [0.15, 0.2) is 5.78 Å². The Kier molecular flexibility index (Phi) is 5.50. The summed E-state index contributed by atoms with van der Waals surface area (Å²) in [5.41, 5.74) is -5.78. The Bertz CT molecular complexity index is 494. The van der Waals surface area contributed by atoms with E-state index >= 15 is 0 Å². The zero-order valence-electron chi connectivity index (χ0n) is 13.5. The van der Waals surface area contributed by atoms with Crippen molar-refractivity contribution in [1.82, 2.24) is 0 Å². The second-order valence-electron chi connectivity index (χ2n) is 7.00. The molecule has 22 heavy (non-hydrogen) atoms. The molecule has 0 radical (unpaired) electrons. The summed E-state index contributed by atoms with van der Waals surface area (Å²) in [5, 5.41) is 28.1. The van der Waals surface area contributed by atoms with Crippen LogP contribution in [-0.4, -0.2) is 50.7 Å². The number of carbonyl (C=O) groups is 4. The van der Waals surface area contributed by atoms with Crippen LogP contribution in [0.15, 0.2) is 0 Å². The normalized spacial score (nSPS) is 16.3. The first-order chi connectivity index (χ1) is 9.58. The van der Waals surface area contributed by atoms with Crippen molar-refractivity contribution in [2.45, 2.75) is 53.2 Å². The predicted molar refractivity (Wildman–Crippen MR) is 74.0 cm³/mol. The van der Waals surface area contributed by atoms with Crippen LogP contribution in [0.25, 0.3) is 0 Å². The Hall–Kier alpha value is -1.96. The van der Waals surface area contributed by atoms with Crippen LogP contribution in [-0.2, 0) is 23.9 Å². The molecule has 0 aliphatic carbocycles. The van der Waals surface area contributed by atoms with Gasteiger partial charge in [-0.25, -0.2) is 9.59 Å². The van der Waals surface area contributed by atoms with Crippen molar-refractivity contribution in [2.75, 3.05) is 0 Å². The van der Waals surface area contributed by atoms with E-state index in [1.807, 2.05) is 0 Å². The standard InChI is InChI=1S/C14H22O8/c1-12(2,3)9(18)14(10(19)20,7(15)8(16)17)22-11(21)13(4,5)6/h7,15H,1-6H3,(H,16,17)(H,19,20)/t7-,14-/m0/s1. The Balaban J connectivity index is 6.26. The summed E-state index contributed by atoms with van der Waals surface area (Å²) in [7, 11) is 0. The minimum absolute atomic E-state index is 1.12. The molecular formula is C14H22O8. The topological polar surface area (TPSA) is 138 Å². The number of aliphatic carboxylic acids is 2. The molecule has 0 aromatic carbocycles. The minimum atomic E-state index is -3.21. The van der Waals surface area contributed by atoms with E-state index in [0.29, 0.717) is 0 Å². The lowest BCUT2D eigenvalue weighted by atomic mass is 9.76. The largest absolute Gasteiger partial charge is 0.479 e. The maximum atomic E-state index is 12.5. The van der Waals surface area contributed by atoms with Gasteiger partial charge in [0.25, 0.3) is 0 Å². The second-order valence-corrected chi connectivity index (χ2v) is 7.00. The van der Waals surface area contributed by atoms with Gasteiger partial charge < -0.3 is 20.1 Å². The fourth-order valence-corrected chi connectivity index (χ4v) is 1.51. The number of carbonyl (C=O) groups excluding carboxylic acids is 2. The monoisotopic (exact) mass is 318 g/mol. The molecule has 0 unspecified atom stereocenters. The highest BCUT2D eigenvalue weighted by Gasteiger charge is 2.62. The number of ketones is 1. The van der Waals surface area contributed by atoms with E-state index in [1.54, 1.807) is 0 Å². The maximum Gasteiger partial charge on any atom is 0.359 e. The van der Waals surface area contributed by atoms with Crippen LogP contribution in [0.3, 0.4) is 0 Å². The van der Waals surface area contributed by atoms with Crippen LogP contribution in [0, 0.1) is 10.8 Å². The van der Waals surface area contributed by atoms with Gasteiger partial charge in [-0.15, -0.1) is 0 Å². The number of rotatable bonds is 5. The number of Topliss-reactive ketones (excluding diaryl/α,β-unsaturated/α-hetero) is 1. The average Bonchev–Trinajstić information content (AvgIpc) is 2.30. The molecule has 126 valence electrons. The van der Waals surface area contributed by atoms with Crippen molar-refractivity contribution in [1.29, 1.82) is 0 Å². The van der Waals surface area contributed by atoms with Crippen molar-refractivity contribution in [3.63, 3.8) is 0 Å². The Morgan fingerprint density at radius 1 is 0.864 bits per heavy atom. The van der Waals surface area contributed by atoms with E-state index in [4.69, 9.17) is 9.84 Å². The van der Waals surface area contributed by atoms with Gasteiger partial charge in [-0.2, -0.15) is 0 Å². The van der Waals surface area contributed by atoms with E-state index in [1.165, 1.54) is 41.5 Å². The average molecular weight is 318 g/mol. The van der Waals surface area contributed by atoms with Gasteiger partial charge in [-0.1, -0.05) is 20.8 Å². The molecule has 0 heterocycles. The lowest BCUT2D eigenvalue weighted by Crippen LogP contribution is -2.64. The number of hydrogen-bond donors (Lipinski definition) is 3. The highest BCUT2D eigenvalue weighted by atomic mass is 16.6. The number of aliphatic hydroxyl groups is 1. The number of ether oxygens (including phenoxy) is 1. The Labute approximate surface area is 128 Å². The van der Waals surface area contributed by atoms with E-state index in [0.717, 1.165) is 0 Å². The summed E-state index contributed by atoms with van der Waals surface area (Å²) in [5.74, 6) is -6.37. The molecule has 8 nitrogen and oxygen atoms in total. The first-order valence-corrected chi connectivity index (χ1v) is 6.51. The second kappa shape index (κ2) is 6.04. The lowest BCUT2D eigenvalue weighted by Gasteiger charge is -2.36. The predicted octanol–water partition coefficient (Wildman–Crippen LogP) is 0.460. The molecule has 0 saturated carbocycles. The van der Waals surface area contributed by atoms with E-state index in [2.05, 4.69) is 0 Å². The summed E-state index contributed by atoms with van der Waals surface area (Å²) in [6.07, 6.45) is -2.73. The van der Waals surface area contributed by atoms with E-state index in [9.17, 15) is 29.4 Å². The van der Waals surface area contributed by atoms with Gasteiger partial charge in [-0.3, -0.25) is 9.59 Å². The van der Waals surface area contributed by atoms with Crippen molar-refractivity contribution in [2.24, 2.45) is 10.8 Å². The summed E-state index contributed by atoms with van der Waals surface area (Å²) >= 11 is 0. The summed E-state index contributed by atoms with van der Waals surface area (Å²) in [6.45, 7) is 8.18. The van der Waals surface area contributed by atoms with Crippen LogP contribution < -0.4 is 0 Å². The molecule has 0 aromatic rings. The Morgan fingerprint density at radius 2 is 1.27 bits per heavy atom. The van der Waals surface area contributed by atoms with E-state index < -0.39 is 46.2 Å². The molecule has 0 aromatic heterocycles. The molecule has 0 rings (SSSR count). The lowest BCUT2D eigenvalue weighted by molar-refractivity contribution is -0.206. The van der Waals surface area contributed by atoms with Crippen molar-refractivity contribution >= 4 is 23.7 Å². The van der Waals surface area contributed by atoms with Crippen LogP contribution in [0.5, 0.6) is 0 Å². The minimum Gasteiger partial charge on any atom is -0.479 e. The third-order valence-electron chi connectivity index (χ3n) is 2.82. The summed E-state index contributed by atoms with van der Waals surface area (Å²) in [6, 6.07) is 0. The first-order valence-electron chi connectivity index (χ1n) is 6.51. The molecule has 0 spiro atoms. The van der Waals surface area contributed by atoms with Gasteiger partial charge in [0.05, 0.1) is 5.41 Å². The van der Waals surface area contributed by atoms with Gasteiger partial charge in [-0.05, 0) is 20.8 Å². The number of aliphatic hydroxyl groups excluding tert-OH is 1. The van der Waals surface area contributed by atoms with Gasteiger partial charge >= 0.3 is 23.5 Å². The molecule has 0 saturated heterocycles. The molecule has 0 amide bonds. The van der Waals surface area contributed by atoms with Gasteiger partial charge in [0.2, 0.25) is 6.10 Å². The van der Waals surface area contributed by atoms with Crippen LogP contribution in [0.2, 0.25) is 0 Å². The van der Waals surface area contributed by atoms with Crippen molar-refractivity contribution in [3.8, 4) is 0 Å². The zero-order valence-corrected chi connectivity index (χ0v) is 13.5. The molecule has 3 N–H and O–H groups in total. The molecule has 0 aliphatic heterocycles. The molecule has 8 heteroatoms. The van der Waals surface area contributed by atoms with Gasteiger partial charge in [0.1, 0.15) is 0 Å². The van der Waals surface area contributed by atoms with Crippen molar-refractivity contribution < 1.29 is 39.2 Å². The number of esters is 1. The number of hydrogen-bond acceptors (Lipinski definition) is 6. The SMILES string of the molecule is CC(C)(C)C(=O)O[C@](C(=O)O)(C(=O)C(C)(C)C)[C@@H](O)C(=O)O. The molecule has 0 bridgehead atoms. The first kappa shape index (κ1) is 20.0. The van der Waals surface area contributed by atoms with Crippen molar-refractivity contribution in [3.05, 3.63) is 0 Å². The molecule has 0 aliphatic rings. The van der Waals surface area contributed by atoms with E-state index in [-0.39, 0.29) is 0 Å². The molecule has 0 fully saturated rings. The third kappa shape index (κ3) is 3.82. The molecule has 2 atom stereocenters. The molecular weight excluding hydrogens is 296 g/mol. The fourth-order valence-electron chi connectivity index (χ4n) is 1.51. The summed E-state index contributed by atoms with van der Waals surface area (Å²) < 4.78 is 4.76. The fraction of sp³-hybridized carbons (Fsp3) is 0.714. The highest BCUT2D eigenvalue weighted by molar-refractivity contribution is 6.13. The van der Waals surface area contributed by atoms with Crippen LogP contribution in [0.1, 0.15) is 41.5 Å². The highest BCUT2D eigenvalue weighted by Crippen LogP contribution is 2.32. The maximum absolute atomic E-state index is 12.5. The number of carboxylic acid groups (broad SMARTS) is 2. The summed E-state index contributed by atoms with van der Waals surface area (Å²) in [4.78, 5) is 47.1. The third-order valence-corrected chi connectivity index (χ3v) is 2.82. The zero-order chi connectivity index (χ0) is 18.1. The number of carboxylic acids is 2. The Morgan fingerprint density at radius 3 is 1.50 bits per heavy atom. The van der Waals surface area contributed by atoms with Crippen LogP contribution in [0.4, 0.5) is 0 Å². The van der Waals surface area contributed by atoms with Crippen LogP contribution >= 0.6 is 0 Å². The quantitative estimate of drug-likeness (QED) is 0.491.